The van der Waals surface area contributed by atoms with Crippen LogP contribution in [0.15, 0.2) is 48.5 Å². The van der Waals surface area contributed by atoms with E-state index < -0.39 is 5.41 Å². The van der Waals surface area contributed by atoms with Gasteiger partial charge in [0.2, 0.25) is 5.91 Å². The lowest BCUT2D eigenvalue weighted by Crippen LogP contribution is -2.42. The van der Waals surface area contributed by atoms with Crippen LogP contribution in [0.3, 0.4) is 0 Å². The molecule has 0 bridgehead atoms. The van der Waals surface area contributed by atoms with Crippen molar-refractivity contribution in [3.8, 4) is 0 Å². The number of carbonyl (C=O) groups is 1. The summed E-state index contributed by atoms with van der Waals surface area (Å²) in [6.07, 6.45) is 2.45. The largest absolute Gasteiger partial charge is 0.353 e. The van der Waals surface area contributed by atoms with Crippen molar-refractivity contribution in [2.75, 3.05) is 13.1 Å². The van der Waals surface area contributed by atoms with E-state index in [1.54, 1.807) is 18.2 Å². The standard InChI is InChI=1S/C20H21FN2O.ClH/c21-17-8-4-3-7-16(17)20(10-11-20)19(24)23-13-18-15-6-2-1-5-14(15)9-12-22-18;/h1-8,18,22H,9-13H2,(H,23,24);1H. The van der Waals surface area contributed by atoms with Crippen LogP contribution >= 0.6 is 12.4 Å². The Labute approximate surface area is 153 Å². The van der Waals surface area contributed by atoms with E-state index in [4.69, 9.17) is 0 Å². The third kappa shape index (κ3) is 3.29. The molecule has 1 fully saturated rings. The van der Waals surface area contributed by atoms with E-state index in [9.17, 15) is 9.18 Å². The number of carbonyl (C=O) groups excluding carboxylic acids is 1. The summed E-state index contributed by atoms with van der Waals surface area (Å²) < 4.78 is 14.1. The van der Waals surface area contributed by atoms with Crippen LogP contribution in [0.25, 0.3) is 0 Å². The van der Waals surface area contributed by atoms with Crippen LogP contribution in [0, 0.1) is 5.82 Å². The van der Waals surface area contributed by atoms with Crippen LogP contribution in [0.5, 0.6) is 0 Å². The summed E-state index contributed by atoms with van der Waals surface area (Å²) in [7, 11) is 0. The number of fused-ring (bicyclic) bond motifs is 1. The van der Waals surface area contributed by atoms with Crippen LogP contribution in [0.1, 0.15) is 35.6 Å². The minimum atomic E-state index is -0.667. The summed E-state index contributed by atoms with van der Waals surface area (Å²) in [6, 6.07) is 15.1. The Morgan fingerprint density at radius 2 is 1.88 bits per heavy atom. The molecule has 2 aliphatic rings. The van der Waals surface area contributed by atoms with Gasteiger partial charge in [0.05, 0.1) is 5.41 Å². The van der Waals surface area contributed by atoms with Crippen LogP contribution < -0.4 is 10.6 Å². The van der Waals surface area contributed by atoms with Gasteiger partial charge in [-0.3, -0.25) is 4.79 Å². The number of rotatable bonds is 4. The van der Waals surface area contributed by atoms with Crippen LogP contribution in [0.2, 0.25) is 0 Å². The molecule has 2 aromatic carbocycles. The molecule has 1 aliphatic heterocycles. The first-order chi connectivity index (χ1) is 11.7. The molecule has 2 aromatic rings. The molecule has 132 valence electrons. The number of hydrogen-bond donors (Lipinski definition) is 2. The number of benzene rings is 2. The lowest BCUT2D eigenvalue weighted by molar-refractivity contribution is -0.123. The fraction of sp³-hybridized carbons (Fsp3) is 0.350. The van der Waals surface area contributed by atoms with E-state index in [-0.39, 0.29) is 30.2 Å². The first-order valence-electron chi connectivity index (χ1n) is 8.55. The molecule has 3 nitrogen and oxygen atoms in total. The molecular formula is C20H22ClFN2O. The van der Waals surface area contributed by atoms with E-state index in [2.05, 4.69) is 28.8 Å². The average molecular weight is 361 g/mol. The minimum absolute atomic E-state index is 0. The van der Waals surface area contributed by atoms with Gasteiger partial charge in [-0.05, 0) is 43.0 Å². The molecule has 4 rings (SSSR count). The fourth-order valence-electron chi connectivity index (χ4n) is 3.73. The molecule has 1 amide bonds. The van der Waals surface area contributed by atoms with Gasteiger partial charge in [-0.1, -0.05) is 42.5 Å². The molecule has 0 radical (unpaired) electrons. The first-order valence-corrected chi connectivity index (χ1v) is 8.55. The molecular weight excluding hydrogens is 339 g/mol. The number of hydrogen-bond acceptors (Lipinski definition) is 2. The van der Waals surface area contributed by atoms with Crippen molar-refractivity contribution in [2.24, 2.45) is 0 Å². The summed E-state index contributed by atoms with van der Waals surface area (Å²) in [4.78, 5) is 12.7. The van der Waals surface area contributed by atoms with Crippen molar-refractivity contribution in [3.63, 3.8) is 0 Å². The topological polar surface area (TPSA) is 41.1 Å². The van der Waals surface area contributed by atoms with Gasteiger partial charge in [0.1, 0.15) is 5.82 Å². The van der Waals surface area contributed by atoms with Crippen molar-refractivity contribution in [1.82, 2.24) is 10.6 Å². The zero-order valence-electron chi connectivity index (χ0n) is 13.9. The molecule has 1 atom stereocenters. The molecule has 0 saturated heterocycles. The number of nitrogens with one attached hydrogen (secondary N) is 2. The molecule has 1 unspecified atom stereocenters. The highest BCUT2D eigenvalue weighted by atomic mass is 35.5. The molecule has 5 heteroatoms. The number of halogens is 2. The van der Waals surface area contributed by atoms with Gasteiger partial charge >= 0.3 is 0 Å². The predicted octanol–water partition coefficient (Wildman–Crippen LogP) is 3.28. The van der Waals surface area contributed by atoms with Crippen molar-refractivity contribution in [3.05, 3.63) is 71.0 Å². The number of amides is 1. The first kappa shape index (κ1) is 17.9. The molecule has 0 spiro atoms. The van der Waals surface area contributed by atoms with E-state index in [1.807, 2.05) is 6.07 Å². The van der Waals surface area contributed by atoms with Crippen molar-refractivity contribution < 1.29 is 9.18 Å². The highest BCUT2D eigenvalue weighted by molar-refractivity contribution is 5.91. The molecule has 1 saturated carbocycles. The minimum Gasteiger partial charge on any atom is -0.353 e. The van der Waals surface area contributed by atoms with Crippen LogP contribution in [-0.4, -0.2) is 19.0 Å². The Hall–Kier alpha value is -1.91. The second-order valence-corrected chi connectivity index (χ2v) is 6.73. The molecule has 2 N–H and O–H groups in total. The predicted molar refractivity (Wildman–Crippen MR) is 98.5 cm³/mol. The van der Waals surface area contributed by atoms with Gasteiger partial charge in [0, 0.05) is 18.2 Å². The summed E-state index contributed by atoms with van der Waals surface area (Å²) in [5, 5.41) is 6.52. The highest BCUT2D eigenvalue weighted by Gasteiger charge is 2.52. The lowest BCUT2D eigenvalue weighted by Gasteiger charge is -2.28. The highest BCUT2D eigenvalue weighted by Crippen LogP contribution is 2.49. The Morgan fingerprint density at radius 1 is 1.16 bits per heavy atom. The van der Waals surface area contributed by atoms with E-state index >= 15 is 0 Å². The van der Waals surface area contributed by atoms with Crippen molar-refractivity contribution in [1.29, 1.82) is 0 Å². The fourth-order valence-corrected chi connectivity index (χ4v) is 3.73. The Bertz CT molecular complexity index is 776. The summed E-state index contributed by atoms with van der Waals surface area (Å²) in [5.41, 5.74) is 2.45. The maximum Gasteiger partial charge on any atom is 0.230 e. The normalized spacial score (nSPS) is 20.1. The van der Waals surface area contributed by atoms with Crippen LogP contribution in [-0.2, 0) is 16.6 Å². The van der Waals surface area contributed by atoms with Gasteiger partial charge in [-0.25, -0.2) is 4.39 Å². The molecule has 1 heterocycles. The molecule has 25 heavy (non-hydrogen) atoms. The zero-order valence-corrected chi connectivity index (χ0v) is 14.7. The molecule has 0 aromatic heterocycles. The second kappa shape index (κ2) is 7.14. The average Bonchev–Trinajstić information content (AvgIpc) is 3.42. The van der Waals surface area contributed by atoms with Gasteiger partial charge in [-0.2, -0.15) is 0 Å². The van der Waals surface area contributed by atoms with E-state index in [0.29, 0.717) is 24.9 Å². The van der Waals surface area contributed by atoms with Crippen molar-refractivity contribution in [2.45, 2.75) is 30.7 Å². The van der Waals surface area contributed by atoms with Crippen molar-refractivity contribution >= 4 is 18.3 Å². The summed E-state index contributed by atoms with van der Waals surface area (Å²) in [6.45, 7) is 1.45. The Balaban J connectivity index is 0.00000182. The quantitative estimate of drug-likeness (QED) is 0.878. The zero-order chi connectivity index (χ0) is 16.6. The maximum absolute atomic E-state index is 14.1. The Kier molecular flexibility index (Phi) is 5.11. The third-order valence-corrected chi connectivity index (χ3v) is 5.26. The smallest absolute Gasteiger partial charge is 0.230 e. The third-order valence-electron chi connectivity index (χ3n) is 5.26. The second-order valence-electron chi connectivity index (χ2n) is 6.73. The molecule has 1 aliphatic carbocycles. The van der Waals surface area contributed by atoms with Gasteiger partial charge in [0.15, 0.2) is 0 Å². The van der Waals surface area contributed by atoms with Gasteiger partial charge in [-0.15, -0.1) is 12.4 Å². The maximum atomic E-state index is 14.1. The SMILES string of the molecule is Cl.O=C(NCC1NCCc2ccccc21)C1(c2ccccc2F)CC1. The van der Waals surface area contributed by atoms with Gasteiger partial charge < -0.3 is 10.6 Å². The summed E-state index contributed by atoms with van der Waals surface area (Å²) in [5.74, 6) is -0.344. The van der Waals surface area contributed by atoms with E-state index in [0.717, 1.165) is 13.0 Å². The van der Waals surface area contributed by atoms with Crippen LogP contribution in [0.4, 0.5) is 4.39 Å². The van der Waals surface area contributed by atoms with Gasteiger partial charge in [0.25, 0.3) is 0 Å². The lowest BCUT2D eigenvalue weighted by atomic mass is 9.92. The summed E-state index contributed by atoms with van der Waals surface area (Å²) >= 11 is 0. The monoisotopic (exact) mass is 360 g/mol. The Morgan fingerprint density at radius 3 is 2.64 bits per heavy atom. The van der Waals surface area contributed by atoms with E-state index in [1.165, 1.54) is 17.2 Å².